The molecule has 0 radical (unpaired) electrons. The number of aromatic nitrogens is 1. The zero-order valence-electron chi connectivity index (χ0n) is 7.99. The average Bonchev–Trinajstić information content (AvgIpc) is 2.62. The molecule has 4 heteroatoms. The molecule has 0 unspecified atom stereocenters. The first-order valence-electron chi connectivity index (χ1n) is 4.68. The summed E-state index contributed by atoms with van der Waals surface area (Å²) in [7, 11) is 0. The Morgan fingerprint density at radius 2 is 2.64 bits per heavy atom. The number of carbonyl (C=O) groups is 1. The van der Waals surface area contributed by atoms with E-state index in [4.69, 9.17) is 4.74 Å². The van der Waals surface area contributed by atoms with Gasteiger partial charge in [-0.3, -0.25) is 4.79 Å². The minimum atomic E-state index is -0.0360. The van der Waals surface area contributed by atoms with E-state index in [1.807, 2.05) is 19.1 Å². The number of carbonyl (C=O) groups excluding carboxylic acids is 1. The van der Waals surface area contributed by atoms with Crippen molar-refractivity contribution in [2.45, 2.75) is 19.4 Å². The van der Waals surface area contributed by atoms with Crippen molar-refractivity contribution in [1.82, 2.24) is 10.3 Å². The molecular weight excluding hydrogens is 180 g/mol. The lowest BCUT2D eigenvalue weighted by atomic mass is 10.1. The second kappa shape index (κ2) is 3.65. The molecule has 1 aliphatic heterocycles. The molecule has 0 aromatic carbocycles. The van der Waals surface area contributed by atoms with Gasteiger partial charge in [0.25, 0.3) is 0 Å². The number of rotatable bonds is 2. The summed E-state index contributed by atoms with van der Waals surface area (Å²) < 4.78 is 5.33. The fourth-order valence-electron chi connectivity index (χ4n) is 1.46. The Kier molecular flexibility index (Phi) is 2.35. The van der Waals surface area contributed by atoms with Crippen LogP contribution in [0.4, 0.5) is 0 Å². The van der Waals surface area contributed by atoms with E-state index in [-0.39, 0.29) is 11.9 Å². The average molecular weight is 192 g/mol. The molecule has 0 fully saturated rings. The molecule has 0 bridgehead atoms. The Morgan fingerprint density at radius 1 is 1.79 bits per heavy atom. The molecule has 1 aromatic rings. The number of ether oxygens (including phenoxy) is 1. The molecule has 1 amide bonds. The monoisotopic (exact) mass is 192 g/mol. The molecule has 1 N–H and O–H groups in total. The molecular formula is C10H12N2O2. The van der Waals surface area contributed by atoms with Gasteiger partial charge in [0.1, 0.15) is 6.61 Å². The van der Waals surface area contributed by atoms with Crippen LogP contribution in [0.15, 0.2) is 18.3 Å². The molecule has 0 saturated heterocycles. The van der Waals surface area contributed by atoms with Crippen LogP contribution in [-0.2, 0) is 4.79 Å². The van der Waals surface area contributed by atoms with E-state index in [0.717, 1.165) is 5.56 Å². The van der Waals surface area contributed by atoms with Crippen LogP contribution in [0.1, 0.15) is 24.9 Å². The third kappa shape index (κ3) is 1.55. The molecule has 0 spiro atoms. The van der Waals surface area contributed by atoms with Gasteiger partial charge in [0.15, 0.2) is 0 Å². The number of pyridine rings is 1. The van der Waals surface area contributed by atoms with Gasteiger partial charge >= 0.3 is 0 Å². The largest absolute Gasteiger partial charge is 0.475 e. The minimum absolute atomic E-state index is 0.0360. The van der Waals surface area contributed by atoms with Crippen LogP contribution in [0.5, 0.6) is 5.88 Å². The number of fused-ring (bicyclic) bond motifs is 1. The van der Waals surface area contributed by atoms with Crippen molar-refractivity contribution in [2.75, 3.05) is 6.61 Å². The van der Waals surface area contributed by atoms with Crippen LogP contribution >= 0.6 is 0 Å². The standard InChI is InChI=1S/C10H12N2O2/c1-2-9(13)12-8-6-14-10-7(8)4-3-5-11-10/h3-5,8H,2,6H2,1H3,(H,12,13)/t8-/m0/s1. The second-order valence-corrected chi connectivity index (χ2v) is 3.18. The normalized spacial score (nSPS) is 18.5. The Morgan fingerprint density at radius 3 is 3.43 bits per heavy atom. The molecule has 74 valence electrons. The lowest BCUT2D eigenvalue weighted by Crippen LogP contribution is -2.28. The maximum atomic E-state index is 11.2. The SMILES string of the molecule is CCC(=O)N[C@H]1COc2ncccc21. The summed E-state index contributed by atoms with van der Waals surface area (Å²) >= 11 is 0. The predicted molar refractivity (Wildman–Crippen MR) is 50.9 cm³/mol. The zero-order chi connectivity index (χ0) is 9.97. The van der Waals surface area contributed by atoms with E-state index in [9.17, 15) is 4.79 Å². The van der Waals surface area contributed by atoms with E-state index in [1.54, 1.807) is 6.20 Å². The smallest absolute Gasteiger partial charge is 0.220 e. The summed E-state index contributed by atoms with van der Waals surface area (Å²) in [5.74, 6) is 0.671. The Labute approximate surface area is 82.3 Å². The minimum Gasteiger partial charge on any atom is -0.475 e. The highest BCUT2D eigenvalue weighted by molar-refractivity contribution is 5.76. The van der Waals surface area contributed by atoms with Gasteiger partial charge in [0.2, 0.25) is 11.8 Å². The van der Waals surface area contributed by atoms with Crippen molar-refractivity contribution in [3.05, 3.63) is 23.9 Å². The molecule has 14 heavy (non-hydrogen) atoms. The Hall–Kier alpha value is -1.58. The maximum absolute atomic E-state index is 11.2. The lowest BCUT2D eigenvalue weighted by molar-refractivity contribution is -0.121. The third-order valence-electron chi connectivity index (χ3n) is 2.22. The molecule has 4 nitrogen and oxygen atoms in total. The topological polar surface area (TPSA) is 51.2 Å². The number of nitrogens with one attached hydrogen (secondary N) is 1. The zero-order valence-corrected chi connectivity index (χ0v) is 7.99. The number of hydrogen-bond donors (Lipinski definition) is 1. The lowest BCUT2D eigenvalue weighted by Gasteiger charge is -2.09. The van der Waals surface area contributed by atoms with Crippen molar-refractivity contribution in [1.29, 1.82) is 0 Å². The summed E-state index contributed by atoms with van der Waals surface area (Å²) in [4.78, 5) is 15.3. The Bertz CT molecular complexity index is 352. The van der Waals surface area contributed by atoms with Gasteiger partial charge in [0.05, 0.1) is 6.04 Å². The molecule has 0 saturated carbocycles. The van der Waals surface area contributed by atoms with Crippen LogP contribution in [0.3, 0.4) is 0 Å². The fraction of sp³-hybridized carbons (Fsp3) is 0.400. The van der Waals surface area contributed by atoms with Gasteiger partial charge in [-0.1, -0.05) is 6.92 Å². The van der Waals surface area contributed by atoms with Crippen molar-refractivity contribution >= 4 is 5.91 Å². The fourth-order valence-corrected chi connectivity index (χ4v) is 1.46. The van der Waals surface area contributed by atoms with Gasteiger partial charge in [-0.15, -0.1) is 0 Å². The number of hydrogen-bond acceptors (Lipinski definition) is 3. The Balaban J connectivity index is 2.14. The van der Waals surface area contributed by atoms with Gasteiger partial charge in [0, 0.05) is 18.2 Å². The quantitative estimate of drug-likeness (QED) is 0.761. The highest BCUT2D eigenvalue weighted by Gasteiger charge is 2.25. The van der Waals surface area contributed by atoms with E-state index in [2.05, 4.69) is 10.3 Å². The first-order valence-corrected chi connectivity index (χ1v) is 4.68. The van der Waals surface area contributed by atoms with Gasteiger partial charge in [-0.2, -0.15) is 0 Å². The second-order valence-electron chi connectivity index (χ2n) is 3.18. The molecule has 1 aliphatic rings. The van der Waals surface area contributed by atoms with E-state index >= 15 is 0 Å². The number of amides is 1. The summed E-state index contributed by atoms with van der Waals surface area (Å²) in [5.41, 5.74) is 0.967. The van der Waals surface area contributed by atoms with Crippen LogP contribution in [0.2, 0.25) is 0 Å². The molecule has 2 rings (SSSR count). The van der Waals surface area contributed by atoms with Crippen LogP contribution in [-0.4, -0.2) is 17.5 Å². The first-order chi connectivity index (χ1) is 6.81. The first kappa shape index (κ1) is 8.99. The molecule has 1 atom stereocenters. The van der Waals surface area contributed by atoms with E-state index < -0.39 is 0 Å². The summed E-state index contributed by atoms with van der Waals surface area (Å²) in [6, 6.07) is 3.74. The third-order valence-corrected chi connectivity index (χ3v) is 2.22. The molecule has 0 aliphatic carbocycles. The van der Waals surface area contributed by atoms with E-state index in [0.29, 0.717) is 18.9 Å². The predicted octanol–water partition coefficient (Wildman–Crippen LogP) is 1.04. The van der Waals surface area contributed by atoms with Crippen LogP contribution in [0.25, 0.3) is 0 Å². The maximum Gasteiger partial charge on any atom is 0.220 e. The van der Waals surface area contributed by atoms with Crippen LogP contribution < -0.4 is 10.1 Å². The van der Waals surface area contributed by atoms with Crippen molar-refractivity contribution in [3.63, 3.8) is 0 Å². The highest BCUT2D eigenvalue weighted by Crippen LogP contribution is 2.29. The van der Waals surface area contributed by atoms with Crippen LogP contribution in [0, 0.1) is 0 Å². The number of nitrogens with zero attached hydrogens (tertiary/aromatic N) is 1. The van der Waals surface area contributed by atoms with Crippen molar-refractivity contribution < 1.29 is 9.53 Å². The van der Waals surface area contributed by atoms with Crippen molar-refractivity contribution in [3.8, 4) is 5.88 Å². The van der Waals surface area contributed by atoms with E-state index in [1.165, 1.54) is 0 Å². The van der Waals surface area contributed by atoms with Gasteiger partial charge in [-0.25, -0.2) is 4.98 Å². The molecule has 2 heterocycles. The van der Waals surface area contributed by atoms with Gasteiger partial charge < -0.3 is 10.1 Å². The highest BCUT2D eigenvalue weighted by atomic mass is 16.5. The molecule has 1 aromatic heterocycles. The summed E-state index contributed by atoms with van der Waals surface area (Å²) in [5, 5.41) is 2.88. The van der Waals surface area contributed by atoms with Gasteiger partial charge in [-0.05, 0) is 12.1 Å². The van der Waals surface area contributed by atoms with Crippen molar-refractivity contribution in [2.24, 2.45) is 0 Å². The summed E-state index contributed by atoms with van der Waals surface area (Å²) in [6.07, 6.45) is 2.18. The summed E-state index contributed by atoms with van der Waals surface area (Å²) in [6.45, 7) is 2.31.